The first kappa shape index (κ1) is 16.9. The number of aromatic nitrogens is 3. The Bertz CT molecular complexity index is 851. The molecule has 2 unspecified atom stereocenters. The SMILES string of the molecule is CC1C(c2nc(/C=N/O)cn3nccc23)C=NN1C(=O)OC(C)(C)C. The number of hydrogen-bond donors (Lipinski definition) is 1. The van der Waals surface area contributed by atoms with E-state index in [1.54, 1.807) is 23.1 Å². The molecule has 1 N–H and O–H groups in total. The molecule has 0 fully saturated rings. The second kappa shape index (κ2) is 6.15. The van der Waals surface area contributed by atoms with Crippen molar-refractivity contribution in [3.63, 3.8) is 0 Å². The standard InChI is InChI=1S/C16H20N6O3/c1-10-12(8-18-22(10)15(23)25-16(2,3)4)14-13-5-6-17-21(13)9-11(20-14)7-19-24/h5-10,12,24H,1-4H3/b19-7+. The van der Waals surface area contributed by atoms with E-state index >= 15 is 0 Å². The van der Waals surface area contributed by atoms with Gasteiger partial charge in [-0.15, -0.1) is 0 Å². The van der Waals surface area contributed by atoms with E-state index in [-0.39, 0.29) is 12.0 Å². The molecule has 1 aliphatic heterocycles. The van der Waals surface area contributed by atoms with E-state index in [1.807, 2.05) is 33.8 Å². The van der Waals surface area contributed by atoms with Crippen LogP contribution in [0.2, 0.25) is 0 Å². The molecule has 0 saturated carbocycles. The molecular formula is C16H20N6O3. The van der Waals surface area contributed by atoms with Crippen molar-refractivity contribution in [3.05, 3.63) is 29.8 Å². The Kier molecular flexibility index (Phi) is 4.15. The zero-order valence-corrected chi connectivity index (χ0v) is 14.5. The number of amides is 1. The number of rotatable bonds is 2. The van der Waals surface area contributed by atoms with Crippen molar-refractivity contribution in [2.75, 3.05) is 0 Å². The van der Waals surface area contributed by atoms with Gasteiger partial charge in [0.05, 0.1) is 41.8 Å². The van der Waals surface area contributed by atoms with Crippen molar-refractivity contribution >= 4 is 24.0 Å². The monoisotopic (exact) mass is 344 g/mol. The number of oxime groups is 1. The van der Waals surface area contributed by atoms with Crippen molar-refractivity contribution in [2.45, 2.75) is 45.3 Å². The lowest BCUT2D eigenvalue weighted by Gasteiger charge is -2.26. The van der Waals surface area contributed by atoms with Gasteiger partial charge in [-0.3, -0.25) is 0 Å². The minimum absolute atomic E-state index is 0.237. The number of nitrogens with zero attached hydrogens (tertiary/aromatic N) is 6. The number of fused-ring (bicyclic) bond motifs is 1. The van der Waals surface area contributed by atoms with E-state index in [0.29, 0.717) is 11.4 Å². The van der Waals surface area contributed by atoms with Gasteiger partial charge in [0.1, 0.15) is 11.3 Å². The Hall–Kier alpha value is -2.97. The summed E-state index contributed by atoms with van der Waals surface area (Å²) in [6.45, 7) is 7.30. The summed E-state index contributed by atoms with van der Waals surface area (Å²) in [5, 5.41) is 21.5. The second-order valence-electron chi connectivity index (χ2n) is 6.81. The Morgan fingerprint density at radius 3 is 2.88 bits per heavy atom. The Labute approximate surface area is 144 Å². The fraction of sp³-hybridized carbons (Fsp3) is 0.438. The number of ether oxygens (including phenoxy) is 1. The van der Waals surface area contributed by atoms with Crippen LogP contribution < -0.4 is 0 Å². The molecule has 0 spiro atoms. The van der Waals surface area contributed by atoms with Crippen molar-refractivity contribution in [2.24, 2.45) is 10.3 Å². The van der Waals surface area contributed by atoms with Crippen LogP contribution in [0.5, 0.6) is 0 Å². The summed E-state index contributed by atoms with van der Waals surface area (Å²) in [6, 6.07) is 1.56. The van der Waals surface area contributed by atoms with E-state index in [0.717, 1.165) is 5.52 Å². The van der Waals surface area contributed by atoms with Crippen LogP contribution in [-0.2, 0) is 4.74 Å². The van der Waals surface area contributed by atoms with Gasteiger partial charge in [0.25, 0.3) is 0 Å². The summed E-state index contributed by atoms with van der Waals surface area (Å²) < 4.78 is 7.04. The van der Waals surface area contributed by atoms with Crippen LogP contribution in [0.3, 0.4) is 0 Å². The van der Waals surface area contributed by atoms with Crippen LogP contribution in [0.15, 0.2) is 28.7 Å². The van der Waals surface area contributed by atoms with Crippen LogP contribution in [0.1, 0.15) is 45.0 Å². The molecule has 0 radical (unpaired) electrons. The number of hydrazone groups is 1. The molecule has 0 saturated heterocycles. The van der Waals surface area contributed by atoms with Gasteiger partial charge in [-0.05, 0) is 33.8 Å². The van der Waals surface area contributed by atoms with Crippen LogP contribution in [0.25, 0.3) is 5.52 Å². The first-order valence-corrected chi connectivity index (χ1v) is 7.88. The molecule has 9 nitrogen and oxygen atoms in total. The first-order valence-electron chi connectivity index (χ1n) is 7.88. The molecule has 25 heavy (non-hydrogen) atoms. The van der Waals surface area contributed by atoms with E-state index in [1.165, 1.54) is 11.2 Å². The highest BCUT2D eigenvalue weighted by Crippen LogP contribution is 2.30. The summed E-state index contributed by atoms with van der Waals surface area (Å²) in [7, 11) is 0. The molecule has 3 heterocycles. The number of hydrogen-bond acceptors (Lipinski definition) is 7. The highest BCUT2D eigenvalue weighted by atomic mass is 16.6. The third kappa shape index (κ3) is 3.30. The third-order valence-corrected chi connectivity index (χ3v) is 3.78. The molecule has 2 atom stereocenters. The highest BCUT2D eigenvalue weighted by Gasteiger charge is 2.36. The predicted molar refractivity (Wildman–Crippen MR) is 91.1 cm³/mol. The van der Waals surface area contributed by atoms with Crippen LogP contribution in [0.4, 0.5) is 4.79 Å². The van der Waals surface area contributed by atoms with Gasteiger partial charge >= 0.3 is 6.09 Å². The van der Waals surface area contributed by atoms with E-state index in [4.69, 9.17) is 9.94 Å². The summed E-state index contributed by atoms with van der Waals surface area (Å²) >= 11 is 0. The molecule has 1 amide bonds. The average molecular weight is 344 g/mol. The van der Waals surface area contributed by atoms with Gasteiger partial charge < -0.3 is 9.94 Å². The molecule has 0 aromatic carbocycles. The maximum atomic E-state index is 12.3. The molecule has 9 heteroatoms. The summed E-state index contributed by atoms with van der Waals surface area (Å²) in [6.07, 6.45) is 5.71. The van der Waals surface area contributed by atoms with Crippen molar-refractivity contribution in [3.8, 4) is 0 Å². The smallest absolute Gasteiger partial charge is 0.431 e. The second-order valence-corrected chi connectivity index (χ2v) is 6.81. The quantitative estimate of drug-likeness (QED) is 0.511. The van der Waals surface area contributed by atoms with Gasteiger partial charge in [-0.2, -0.15) is 15.2 Å². The molecule has 0 bridgehead atoms. The summed E-state index contributed by atoms with van der Waals surface area (Å²) in [4.78, 5) is 16.9. The minimum atomic E-state index is -0.598. The zero-order chi connectivity index (χ0) is 18.2. The largest absolute Gasteiger partial charge is 0.442 e. The molecule has 2 aromatic heterocycles. The molecular weight excluding hydrogens is 324 g/mol. The number of carbonyl (C=O) groups excluding carboxylic acids is 1. The van der Waals surface area contributed by atoms with E-state index in [9.17, 15) is 4.79 Å². The topological polar surface area (TPSA) is 105 Å². The van der Waals surface area contributed by atoms with E-state index in [2.05, 4.69) is 20.3 Å². The van der Waals surface area contributed by atoms with Gasteiger partial charge in [0.2, 0.25) is 0 Å². The Balaban J connectivity index is 1.93. The van der Waals surface area contributed by atoms with Gasteiger partial charge in [-0.1, -0.05) is 5.16 Å². The maximum Gasteiger partial charge on any atom is 0.431 e. The minimum Gasteiger partial charge on any atom is -0.442 e. The summed E-state index contributed by atoms with van der Waals surface area (Å²) in [5.74, 6) is -0.237. The molecule has 3 rings (SSSR count). The molecule has 1 aliphatic rings. The van der Waals surface area contributed by atoms with Crippen molar-refractivity contribution in [1.82, 2.24) is 19.6 Å². The number of carbonyl (C=O) groups is 1. The fourth-order valence-electron chi connectivity index (χ4n) is 2.68. The highest BCUT2D eigenvalue weighted by molar-refractivity contribution is 5.81. The molecule has 2 aromatic rings. The van der Waals surface area contributed by atoms with E-state index < -0.39 is 11.7 Å². The van der Waals surface area contributed by atoms with Crippen molar-refractivity contribution < 1.29 is 14.7 Å². The summed E-state index contributed by atoms with van der Waals surface area (Å²) in [5.41, 5.74) is 1.34. The van der Waals surface area contributed by atoms with Crippen LogP contribution in [-0.4, -0.2) is 55.0 Å². The zero-order valence-electron chi connectivity index (χ0n) is 14.5. The van der Waals surface area contributed by atoms with Gasteiger partial charge in [-0.25, -0.2) is 14.3 Å². The maximum absolute atomic E-state index is 12.3. The molecule has 0 aliphatic carbocycles. The Morgan fingerprint density at radius 2 is 2.20 bits per heavy atom. The lowest BCUT2D eigenvalue weighted by atomic mass is 9.98. The Morgan fingerprint density at radius 1 is 1.44 bits per heavy atom. The predicted octanol–water partition coefficient (Wildman–Crippen LogP) is 2.25. The fourth-order valence-corrected chi connectivity index (χ4v) is 2.68. The third-order valence-electron chi connectivity index (χ3n) is 3.78. The van der Waals surface area contributed by atoms with Gasteiger partial charge in [0.15, 0.2) is 0 Å². The van der Waals surface area contributed by atoms with Crippen molar-refractivity contribution in [1.29, 1.82) is 0 Å². The molecule has 132 valence electrons. The first-order chi connectivity index (χ1) is 11.8. The average Bonchev–Trinajstić information content (AvgIpc) is 3.11. The lowest BCUT2D eigenvalue weighted by molar-refractivity contribution is 0.0202. The lowest BCUT2D eigenvalue weighted by Crippen LogP contribution is -2.38. The van der Waals surface area contributed by atoms with Crippen LogP contribution in [0, 0.1) is 0 Å². The van der Waals surface area contributed by atoms with Crippen LogP contribution >= 0.6 is 0 Å². The van der Waals surface area contributed by atoms with Gasteiger partial charge in [0, 0.05) is 6.21 Å². The normalized spacial score (nSPS) is 20.7.